The predicted molar refractivity (Wildman–Crippen MR) is 80.9 cm³/mol. The summed E-state index contributed by atoms with van der Waals surface area (Å²) in [6, 6.07) is 11.5. The average molecular weight is 285 g/mol. The Morgan fingerprint density at radius 2 is 2.05 bits per heavy atom. The first-order valence-electron chi connectivity index (χ1n) is 6.24. The van der Waals surface area contributed by atoms with E-state index < -0.39 is 0 Å². The molecule has 0 bridgehead atoms. The fraction of sp³-hybridized carbons (Fsp3) is 0.188. The first-order valence-corrected chi connectivity index (χ1v) is 7.22. The lowest BCUT2D eigenvalue weighted by Gasteiger charge is -2.06. The van der Waals surface area contributed by atoms with Crippen LogP contribution in [0.3, 0.4) is 0 Å². The summed E-state index contributed by atoms with van der Waals surface area (Å²) in [6.45, 7) is 0.498. The number of benzene rings is 1. The molecular weight excluding hydrogens is 270 g/mol. The van der Waals surface area contributed by atoms with Crippen molar-refractivity contribution in [3.05, 3.63) is 54.4 Å². The molecule has 1 aromatic heterocycles. The normalized spacial score (nSPS) is 9.65. The Morgan fingerprint density at radius 3 is 2.85 bits per heavy atom. The van der Waals surface area contributed by atoms with Gasteiger partial charge in [0.15, 0.2) is 0 Å². The van der Waals surface area contributed by atoms with E-state index in [1.165, 1.54) is 4.90 Å². The summed E-state index contributed by atoms with van der Waals surface area (Å²) in [4.78, 5) is 5.17. The molecule has 2 rings (SSSR count). The largest absolute Gasteiger partial charge is 0.493 e. The summed E-state index contributed by atoms with van der Waals surface area (Å²) in [6.07, 6.45) is 3.57. The summed E-state index contributed by atoms with van der Waals surface area (Å²) in [7, 11) is 0. The number of hydrogen-bond donors (Lipinski definition) is 1. The summed E-state index contributed by atoms with van der Waals surface area (Å²) >= 11 is 1.73. The highest BCUT2D eigenvalue weighted by molar-refractivity contribution is 7.99. The van der Waals surface area contributed by atoms with Crippen molar-refractivity contribution in [2.24, 2.45) is 0 Å². The Hall–Kier alpha value is -1.96. The zero-order valence-electron chi connectivity index (χ0n) is 11.0. The van der Waals surface area contributed by atoms with Gasteiger partial charge in [-0.3, -0.25) is 4.98 Å². The molecule has 2 aromatic rings. The Bertz CT molecular complexity index is 590. The monoisotopic (exact) mass is 285 g/mol. The van der Waals surface area contributed by atoms with Crippen LogP contribution in [0.5, 0.6) is 5.75 Å². The maximum atomic E-state index is 8.67. The van der Waals surface area contributed by atoms with Gasteiger partial charge in [-0.1, -0.05) is 17.9 Å². The molecule has 1 heterocycles. The number of aliphatic hydroxyl groups excluding tert-OH is 1. The minimum atomic E-state index is -0.131. The van der Waals surface area contributed by atoms with Crippen LogP contribution in [0.1, 0.15) is 5.56 Å². The summed E-state index contributed by atoms with van der Waals surface area (Å²) in [5, 5.41) is 8.67. The van der Waals surface area contributed by atoms with E-state index in [-0.39, 0.29) is 6.61 Å². The number of ether oxygens (including phenoxy) is 1. The topological polar surface area (TPSA) is 42.4 Å². The van der Waals surface area contributed by atoms with Gasteiger partial charge in [-0.05, 0) is 30.3 Å². The second-order valence-corrected chi connectivity index (χ2v) is 5.04. The third-order valence-corrected chi connectivity index (χ3v) is 3.39. The summed E-state index contributed by atoms with van der Waals surface area (Å²) in [5.74, 6) is 7.15. The first-order chi connectivity index (χ1) is 9.88. The molecule has 3 nitrogen and oxygen atoms in total. The van der Waals surface area contributed by atoms with Gasteiger partial charge in [-0.25, -0.2) is 0 Å². The number of aromatic nitrogens is 1. The molecule has 0 aliphatic rings. The number of nitrogens with zero attached hydrogens (tertiary/aromatic N) is 1. The van der Waals surface area contributed by atoms with Gasteiger partial charge >= 0.3 is 0 Å². The second kappa shape index (κ2) is 8.26. The van der Waals surface area contributed by atoms with Crippen LogP contribution in [0, 0.1) is 11.8 Å². The van der Waals surface area contributed by atoms with Crippen molar-refractivity contribution in [2.75, 3.05) is 19.0 Å². The first kappa shape index (κ1) is 14.4. The molecule has 0 aliphatic carbocycles. The van der Waals surface area contributed by atoms with E-state index in [1.807, 2.05) is 36.4 Å². The predicted octanol–water partition coefficient (Wildman–Crippen LogP) is 2.60. The highest BCUT2D eigenvalue weighted by atomic mass is 32.2. The van der Waals surface area contributed by atoms with Crippen LogP contribution < -0.4 is 4.74 Å². The molecule has 0 spiro atoms. The third-order valence-electron chi connectivity index (χ3n) is 2.42. The van der Waals surface area contributed by atoms with Crippen LogP contribution >= 0.6 is 11.8 Å². The molecule has 0 radical (unpaired) electrons. The van der Waals surface area contributed by atoms with Crippen molar-refractivity contribution >= 4 is 11.8 Å². The molecule has 0 amide bonds. The molecule has 1 N–H and O–H groups in total. The van der Waals surface area contributed by atoms with Gasteiger partial charge in [-0.2, -0.15) is 0 Å². The summed E-state index contributed by atoms with van der Waals surface area (Å²) < 4.78 is 5.68. The molecule has 1 aromatic carbocycles. The van der Waals surface area contributed by atoms with Crippen LogP contribution in [0.25, 0.3) is 0 Å². The molecule has 0 atom stereocenters. The van der Waals surface area contributed by atoms with Gasteiger partial charge in [0.1, 0.15) is 12.4 Å². The number of pyridine rings is 1. The molecule has 0 aliphatic heterocycles. The highest BCUT2D eigenvalue weighted by Gasteiger charge is 1.96. The molecular formula is C16H15NO2S. The van der Waals surface area contributed by atoms with Crippen LogP contribution in [0.15, 0.2) is 53.7 Å². The smallest absolute Gasteiger partial charge is 0.120 e. The van der Waals surface area contributed by atoms with Crippen molar-refractivity contribution in [2.45, 2.75) is 4.90 Å². The van der Waals surface area contributed by atoms with E-state index in [0.717, 1.165) is 17.1 Å². The SMILES string of the molecule is OCC#Cc1cccc(OCCSc2ccncc2)c1. The van der Waals surface area contributed by atoms with E-state index in [0.29, 0.717) is 6.61 Å². The molecule has 0 saturated heterocycles. The van der Waals surface area contributed by atoms with E-state index in [1.54, 1.807) is 24.2 Å². The zero-order chi connectivity index (χ0) is 14.0. The maximum absolute atomic E-state index is 8.67. The van der Waals surface area contributed by atoms with E-state index in [2.05, 4.69) is 16.8 Å². The lowest BCUT2D eigenvalue weighted by Crippen LogP contribution is -2.00. The number of aliphatic hydroxyl groups is 1. The number of hydrogen-bond acceptors (Lipinski definition) is 4. The fourth-order valence-corrected chi connectivity index (χ4v) is 2.28. The quantitative estimate of drug-likeness (QED) is 0.521. The van der Waals surface area contributed by atoms with Gasteiger partial charge in [0.05, 0.1) is 6.61 Å². The Labute approximate surface area is 123 Å². The van der Waals surface area contributed by atoms with Gasteiger partial charge in [0, 0.05) is 28.6 Å². The minimum Gasteiger partial charge on any atom is -0.493 e. The Balaban J connectivity index is 1.79. The van der Waals surface area contributed by atoms with Crippen LogP contribution in [0.2, 0.25) is 0 Å². The van der Waals surface area contributed by atoms with E-state index in [4.69, 9.17) is 9.84 Å². The second-order valence-electron chi connectivity index (χ2n) is 3.87. The lowest BCUT2D eigenvalue weighted by molar-refractivity contribution is 0.344. The van der Waals surface area contributed by atoms with Gasteiger partial charge in [0.25, 0.3) is 0 Å². The van der Waals surface area contributed by atoms with Gasteiger partial charge < -0.3 is 9.84 Å². The molecule has 20 heavy (non-hydrogen) atoms. The van der Waals surface area contributed by atoms with Gasteiger partial charge in [-0.15, -0.1) is 11.8 Å². The average Bonchev–Trinajstić information content (AvgIpc) is 2.51. The van der Waals surface area contributed by atoms with E-state index in [9.17, 15) is 0 Å². The zero-order valence-corrected chi connectivity index (χ0v) is 11.8. The standard InChI is InChI=1S/C16H15NO2S/c18-10-2-4-14-3-1-5-15(13-14)19-11-12-20-16-6-8-17-9-7-16/h1,3,5-9,13,18H,10-12H2. The van der Waals surface area contributed by atoms with Crippen molar-refractivity contribution in [3.63, 3.8) is 0 Å². The Kier molecular flexibility index (Phi) is 5.97. The molecule has 0 unspecified atom stereocenters. The summed E-state index contributed by atoms with van der Waals surface area (Å²) in [5.41, 5.74) is 0.846. The van der Waals surface area contributed by atoms with Crippen molar-refractivity contribution in [1.82, 2.24) is 4.98 Å². The number of thioether (sulfide) groups is 1. The molecule has 102 valence electrons. The van der Waals surface area contributed by atoms with Crippen LogP contribution in [-0.2, 0) is 0 Å². The Morgan fingerprint density at radius 1 is 1.20 bits per heavy atom. The third kappa shape index (κ3) is 4.96. The van der Waals surface area contributed by atoms with Crippen LogP contribution in [0.4, 0.5) is 0 Å². The van der Waals surface area contributed by atoms with Crippen molar-refractivity contribution in [3.8, 4) is 17.6 Å². The molecule has 4 heteroatoms. The molecule has 0 saturated carbocycles. The highest BCUT2D eigenvalue weighted by Crippen LogP contribution is 2.17. The lowest BCUT2D eigenvalue weighted by atomic mass is 10.2. The fourth-order valence-electron chi connectivity index (χ4n) is 1.56. The van der Waals surface area contributed by atoms with E-state index >= 15 is 0 Å². The van der Waals surface area contributed by atoms with Gasteiger partial charge in [0.2, 0.25) is 0 Å². The maximum Gasteiger partial charge on any atom is 0.120 e. The van der Waals surface area contributed by atoms with Crippen molar-refractivity contribution < 1.29 is 9.84 Å². The molecule has 0 fully saturated rings. The minimum absolute atomic E-state index is 0.131. The number of rotatable bonds is 5. The van der Waals surface area contributed by atoms with Crippen molar-refractivity contribution in [1.29, 1.82) is 0 Å². The van der Waals surface area contributed by atoms with Crippen LogP contribution in [-0.4, -0.2) is 29.1 Å².